The number of rotatable bonds is 4. The fraction of sp³-hybridized carbons (Fsp3) is 0.0714. The summed E-state index contributed by atoms with van der Waals surface area (Å²) >= 11 is 0. The van der Waals surface area contributed by atoms with Crippen LogP contribution >= 0.6 is 0 Å². The van der Waals surface area contributed by atoms with Crippen molar-refractivity contribution in [2.24, 2.45) is 5.10 Å². The molecule has 7 nitrogen and oxygen atoms in total. The largest absolute Gasteiger partial charge is 0.272 e. The number of nitrogens with one attached hydrogen (secondary N) is 1. The van der Waals surface area contributed by atoms with Crippen LogP contribution in [0.3, 0.4) is 0 Å². The summed E-state index contributed by atoms with van der Waals surface area (Å²) in [6.07, 6.45) is 4.71. The quantitative estimate of drug-likeness (QED) is 0.528. The number of aryl methyl sites for hydroxylation is 1. The van der Waals surface area contributed by atoms with Gasteiger partial charge in [-0.15, -0.1) is 0 Å². The van der Waals surface area contributed by atoms with Crippen molar-refractivity contribution in [1.29, 1.82) is 0 Å². The molecular formula is C14H12N4O3. The number of amides is 1. The van der Waals surface area contributed by atoms with E-state index in [1.54, 1.807) is 31.5 Å². The molecule has 0 saturated heterocycles. The summed E-state index contributed by atoms with van der Waals surface area (Å²) in [7, 11) is 0. The molecule has 0 bridgehead atoms. The maximum atomic E-state index is 11.9. The normalized spacial score (nSPS) is 10.5. The van der Waals surface area contributed by atoms with Gasteiger partial charge in [-0.3, -0.25) is 19.9 Å². The van der Waals surface area contributed by atoms with Crippen LogP contribution in [0.15, 0.2) is 47.8 Å². The highest BCUT2D eigenvalue weighted by molar-refractivity contribution is 5.95. The number of hydrazone groups is 1. The van der Waals surface area contributed by atoms with Crippen LogP contribution in [0.25, 0.3) is 0 Å². The molecule has 0 unspecified atom stereocenters. The molecule has 1 N–H and O–H groups in total. The summed E-state index contributed by atoms with van der Waals surface area (Å²) in [4.78, 5) is 25.9. The van der Waals surface area contributed by atoms with Gasteiger partial charge in [0.25, 0.3) is 11.6 Å². The molecule has 0 spiro atoms. The first-order valence-corrected chi connectivity index (χ1v) is 6.06. The van der Waals surface area contributed by atoms with Crippen molar-refractivity contribution in [2.75, 3.05) is 0 Å². The molecule has 21 heavy (non-hydrogen) atoms. The van der Waals surface area contributed by atoms with Gasteiger partial charge < -0.3 is 0 Å². The van der Waals surface area contributed by atoms with Crippen molar-refractivity contribution >= 4 is 17.8 Å². The number of nitro benzene ring substituents is 1. The molecule has 0 aliphatic rings. The van der Waals surface area contributed by atoms with Crippen LogP contribution in [0.2, 0.25) is 0 Å². The van der Waals surface area contributed by atoms with E-state index in [9.17, 15) is 14.9 Å². The zero-order valence-corrected chi connectivity index (χ0v) is 11.2. The highest BCUT2D eigenvalue weighted by atomic mass is 16.6. The lowest BCUT2D eigenvalue weighted by molar-refractivity contribution is -0.385. The zero-order valence-electron chi connectivity index (χ0n) is 11.2. The van der Waals surface area contributed by atoms with Gasteiger partial charge in [0.2, 0.25) is 0 Å². The molecule has 0 aliphatic heterocycles. The van der Waals surface area contributed by atoms with Gasteiger partial charge in [0.1, 0.15) is 0 Å². The lowest BCUT2D eigenvalue weighted by Gasteiger charge is -2.02. The molecule has 0 radical (unpaired) electrons. The molecule has 2 rings (SSSR count). The van der Waals surface area contributed by atoms with E-state index >= 15 is 0 Å². The summed E-state index contributed by atoms with van der Waals surface area (Å²) in [5, 5.41) is 14.5. The topological polar surface area (TPSA) is 97.5 Å². The Morgan fingerprint density at radius 2 is 2.05 bits per heavy atom. The number of hydrogen-bond donors (Lipinski definition) is 1. The van der Waals surface area contributed by atoms with Crippen LogP contribution in [0.5, 0.6) is 0 Å². The van der Waals surface area contributed by atoms with E-state index in [-0.39, 0.29) is 5.69 Å². The van der Waals surface area contributed by atoms with Gasteiger partial charge in [0.05, 0.1) is 11.1 Å². The minimum atomic E-state index is -0.487. The number of carbonyl (C=O) groups excluding carboxylic acids is 1. The van der Waals surface area contributed by atoms with E-state index in [0.29, 0.717) is 11.1 Å². The fourth-order valence-electron chi connectivity index (χ4n) is 1.68. The number of carbonyl (C=O) groups is 1. The Hall–Kier alpha value is -3.09. The van der Waals surface area contributed by atoms with Crippen LogP contribution in [0.4, 0.5) is 5.69 Å². The molecular weight excluding hydrogens is 272 g/mol. The summed E-state index contributed by atoms with van der Waals surface area (Å²) < 4.78 is 0. The van der Waals surface area contributed by atoms with Crippen LogP contribution in [-0.4, -0.2) is 22.0 Å². The minimum Gasteiger partial charge on any atom is -0.267 e. The summed E-state index contributed by atoms with van der Waals surface area (Å²) in [5.74, 6) is -0.432. The van der Waals surface area contributed by atoms with E-state index in [1.807, 2.05) is 0 Å². The van der Waals surface area contributed by atoms with E-state index in [4.69, 9.17) is 0 Å². The van der Waals surface area contributed by atoms with Crippen LogP contribution in [0.1, 0.15) is 21.5 Å². The second kappa shape index (κ2) is 6.38. The average molecular weight is 284 g/mol. The van der Waals surface area contributed by atoms with Crippen molar-refractivity contribution in [3.8, 4) is 0 Å². The molecule has 0 saturated carbocycles. The van der Waals surface area contributed by atoms with Crippen molar-refractivity contribution in [1.82, 2.24) is 10.4 Å². The molecule has 1 amide bonds. The third kappa shape index (κ3) is 3.69. The first kappa shape index (κ1) is 14.3. The average Bonchev–Trinajstić information content (AvgIpc) is 2.47. The van der Waals surface area contributed by atoms with Gasteiger partial charge in [-0.2, -0.15) is 5.10 Å². The monoisotopic (exact) mass is 284 g/mol. The molecule has 0 atom stereocenters. The van der Waals surface area contributed by atoms with Gasteiger partial charge in [0.15, 0.2) is 0 Å². The number of hydrogen-bond acceptors (Lipinski definition) is 5. The summed E-state index contributed by atoms with van der Waals surface area (Å²) in [6.45, 7) is 1.58. The number of aromatic nitrogens is 1. The third-order valence-corrected chi connectivity index (χ3v) is 2.74. The Kier molecular flexibility index (Phi) is 4.35. The molecule has 0 fully saturated rings. The molecule has 7 heteroatoms. The smallest absolute Gasteiger partial charge is 0.267 e. The number of nitrogens with zero attached hydrogens (tertiary/aromatic N) is 3. The Morgan fingerprint density at radius 3 is 2.67 bits per heavy atom. The molecule has 2 aromatic rings. The van der Waals surface area contributed by atoms with Crippen LogP contribution < -0.4 is 5.43 Å². The third-order valence-electron chi connectivity index (χ3n) is 2.74. The Bertz CT molecular complexity index is 699. The second-order valence-corrected chi connectivity index (χ2v) is 4.24. The van der Waals surface area contributed by atoms with Crippen LogP contribution in [-0.2, 0) is 0 Å². The maximum absolute atomic E-state index is 11.9. The summed E-state index contributed by atoms with van der Waals surface area (Å²) in [6, 6.07) is 7.63. The van der Waals surface area contributed by atoms with Crippen molar-refractivity contribution in [2.45, 2.75) is 6.92 Å². The van der Waals surface area contributed by atoms with E-state index < -0.39 is 10.8 Å². The van der Waals surface area contributed by atoms with Gasteiger partial charge in [-0.05, 0) is 36.8 Å². The molecule has 1 heterocycles. The van der Waals surface area contributed by atoms with Gasteiger partial charge in [-0.25, -0.2) is 5.43 Å². The number of benzene rings is 1. The predicted octanol–water partition coefficient (Wildman–Crippen LogP) is 2.06. The minimum absolute atomic E-state index is 0.0214. The Balaban J connectivity index is 2.06. The number of pyridine rings is 1. The molecule has 1 aromatic carbocycles. The maximum Gasteiger partial charge on any atom is 0.272 e. The first-order chi connectivity index (χ1) is 10.1. The lowest BCUT2D eigenvalue weighted by Crippen LogP contribution is -2.17. The molecule has 1 aromatic heterocycles. The van der Waals surface area contributed by atoms with Gasteiger partial charge >= 0.3 is 0 Å². The second-order valence-electron chi connectivity index (χ2n) is 4.24. The highest BCUT2D eigenvalue weighted by Gasteiger charge is 2.13. The van der Waals surface area contributed by atoms with Gasteiger partial charge in [0, 0.05) is 29.6 Å². The SMILES string of the molecule is Cc1cc(C(=O)NN=Cc2ccncc2)ccc1[N+](=O)[O-]. The first-order valence-electron chi connectivity index (χ1n) is 6.06. The standard InChI is InChI=1S/C14H12N4O3/c1-10-8-12(2-3-13(10)18(20)21)14(19)17-16-9-11-4-6-15-7-5-11/h2-9H,1H3,(H,17,19). The van der Waals surface area contributed by atoms with E-state index in [1.165, 1.54) is 24.4 Å². The van der Waals surface area contributed by atoms with Gasteiger partial charge in [-0.1, -0.05) is 0 Å². The van der Waals surface area contributed by atoms with E-state index in [2.05, 4.69) is 15.5 Å². The van der Waals surface area contributed by atoms with Crippen LogP contribution in [0, 0.1) is 17.0 Å². The summed E-state index contributed by atoms with van der Waals surface area (Å²) in [5.41, 5.74) is 3.87. The van der Waals surface area contributed by atoms with Crippen molar-refractivity contribution < 1.29 is 9.72 Å². The zero-order chi connectivity index (χ0) is 15.2. The number of nitro groups is 1. The van der Waals surface area contributed by atoms with Crippen molar-refractivity contribution in [3.05, 3.63) is 69.5 Å². The fourth-order valence-corrected chi connectivity index (χ4v) is 1.68. The molecule has 106 valence electrons. The molecule has 0 aliphatic carbocycles. The Morgan fingerprint density at radius 1 is 1.33 bits per heavy atom. The van der Waals surface area contributed by atoms with Crippen molar-refractivity contribution in [3.63, 3.8) is 0 Å². The van der Waals surface area contributed by atoms with E-state index in [0.717, 1.165) is 5.56 Å². The highest BCUT2D eigenvalue weighted by Crippen LogP contribution is 2.18. The predicted molar refractivity (Wildman–Crippen MR) is 77.1 cm³/mol. The lowest BCUT2D eigenvalue weighted by atomic mass is 10.1. The Labute approximate surface area is 120 Å².